The average Bonchev–Trinajstić information content (AvgIpc) is 2.53. The molecule has 0 saturated heterocycles. The van der Waals surface area contributed by atoms with Gasteiger partial charge >= 0.3 is 0 Å². The lowest BCUT2D eigenvalue weighted by molar-refractivity contribution is 0.0979. The van der Waals surface area contributed by atoms with Crippen molar-refractivity contribution < 1.29 is 9.53 Å². The van der Waals surface area contributed by atoms with E-state index in [0.717, 1.165) is 30.6 Å². The summed E-state index contributed by atoms with van der Waals surface area (Å²) >= 11 is 0. The Hall–Kier alpha value is -2.09. The van der Waals surface area contributed by atoms with E-state index in [9.17, 15) is 4.79 Å². The van der Waals surface area contributed by atoms with E-state index in [4.69, 9.17) is 4.74 Å². The van der Waals surface area contributed by atoms with E-state index in [-0.39, 0.29) is 5.78 Å². The molecule has 0 aliphatic heterocycles. The van der Waals surface area contributed by atoms with Gasteiger partial charge in [-0.05, 0) is 37.0 Å². The van der Waals surface area contributed by atoms with Gasteiger partial charge in [-0.3, -0.25) is 4.79 Å². The number of carbonyl (C=O) groups is 1. The highest BCUT2D eigenvalue weighted by Crippen LogP contribution is 2.14. The van der Waals surface area contributed by atoms with Crippen molar-refractivity contribution in [3.63, 3.8) is 0 Å². The molecule has 0 radical (unpaired) electrons. The first kappa shape index (κ1) is 14.3. The molecule has 0 aromatic heterocycles. The van der Waals surface area contributed by atoms with Crippen molar-refractivity contribution in [2.24, 2.45) is 0 Å². The monoisotopic (exact) mass is 268 g/mol. The second-order valence-corrected chi connectivity index (χ2v) is 4.84. The number of aryl methyl sites for hydroxylation is 1. The largest absolute Gasteiger partial charge is 0.497 e. The molecule has 2 nitrogen and oxygen atoms in total. The molecule has 0 heterocycles. The van der Waals surface area contributed by atoms with E-state index in [1.54, 1.807) is 7.11 Å². The molecule has 2 heteroatoms. The number of methoxy groups -OCH3 is 1. The molecule has 2 rings (SSSR count). The van der Waals surface area contributed by atoms with Gasteiger partial charge in [0.25, 0.3) is 0 Å². The molecule has 0 bridgehead atoms. The first-order chi connectivity index (χ1) is 9.79. The molecular weight excluding hydrogens is 248 g/mol. The molecule has 0 amide bonds. The summed E-state index contributed by atoms with van der Waals surface area (Å²) in [5, 5.41) is 0. The molecule has 0 aliphatic rings. The van der Waals surface area contributed by atoms with E-state index in [2.05, 4.69) is 12.1 Å². The second-order valence-electron chi connectivity index (χ2n) is 4.84. The Labute approximate surface area is 120 Å². The van der Waals surface area contributed by atoms with Crippen LogP contribution in [0.3, 0.4) is 0 Å². The summed E-state index contributed by atoms with van der Waals surface area (Å²) < 4.78 is 5.13. The Balaban J connectivity index is 1.72. The zero-order chi connectivity index (χ0) is 14.2. The lowest BCUT2D eigenvalue weighted by atomic mass is 10.0. The Morgan fingerprint density at radius 3 is 2.30 bits per heavy atom. The molecule has 20 heavy (non-hydrogen) atoms. The Bertz CT molecular complexity index is 529. The van der Waals surface area contributed by atoms with Crippen molar-refractivity contribution in [1.82, 2.24) is 0 Å². The predicted octanol–water partition coefficient (Wildman–Crippen LogP) is 4.29. The van der Waals surface area contributed by atoms with E-state index >= 15 is 0 Å². The maximum Gasteiger partial charge on any atom is 0.162 e. The first-order valence-electron chi connectivity index (χ1n) is 7.01. The number of carbonyl (C=O) groups excluding carboxylic acids is 1. The fraction of sp³-hybridized carbons (Fsp3) is 0.278. The third-order valence-electron chi connectivity index (χ3n) is 3.37. The van der Waals surface area contributed by atoms with Crippen LogP contribution in [-0.4, -0.2) is 12.9 Å². The molecule has 0 N–H and O–H groups in total. The second kappa shape index (κ2) is 7.49. The highest BCUT2D eigenvalue weighted by molar-refractivity contribution is 5.95. The summed E-state index contributed by atoms with van der Waals surface area (Å²) in [6.45, 7) is 0. The number of hydrogen-bond donors (Lipinski definition) is 0. The van der Waals surface area contributed by atoms with Crippen LogP contribution in [0.25, 0.3) is 0 Å². The van der Waals surface area contributed by atoms with Gasteiger partial charge in [-0.2, -0.15) is 0 Å². The minimum absolute atomic E-state index is 0.236. The third kappa shape index (κ3) is 4.23. The van der Waals surface area contributed by atoms with Gasteiger partial charge in [0.1, 0.15) is 5.75 Å². The maximum atomic E-state index is 11.9. The lowest BCUT2D eigenvalue weighted by Crippen LogP contribution is -1.98. The number of ketones is 1. The van der Waals surface area contributed by atoms with Crippen LogP contribution in [0.4, 0.5) is 0 Å². The fourth-order valence-electron chi connectivity index (χ4n) is 2.18. The summed E-state index contributed by atoms with van der Waals surface area (Å²) in [7, 11) is 1.67. The lowest BCUT2D eigenvalue weighted by Gasteiger charge is -2.04. The number of unbranched alkanes of at least 4 members (excludes halogenated alkanes) is 1. The van der Waals surface area contributed by atoms with Crippen molar-refractivity contribution in [2.75, 3.05) is 7.11 Å². The minimum Gasteiger partial charge on any atom is -0.497 e. The average molecular weight is 268 g/mol. The van der Waals surface area contributed by atoms with Gasteiger partial charge in [0.2, 0.25) is 0 Å². The number of rotatable bonds is 7. The minimum atomic E-state index is 0.236. The third-order valence-corrected chi connectivity index (χ3v) is 3.37. The molecular formula is C18H20O2. The molecule has 2 aromatic rings. The van der Waals surface area contributed by atoms with Crippen LogP contribution in [0.15, 0.2) is 54.6 Å². The van der Waals surface area contributed by atoms with Crippen LogP contribution in [0, 0.1) is 0 Å². The van der Waals surface area contributed by atoms with Crippen LogP contribution in [-0.2, 0) is 6.42 Å². The van der Waals surface area contributed by atoms with Gasteiger partial charge in [0, 0.05) is 12.0 Å². The predicted molar refractivity (Wildman–Crippen MR) is 81.3 cm³/mol. The number of benzene rings is 2. The summed E-state index contributed by atoms with van der Waals surface area (Å²) in [4.78, 5) is 11.9. The molecule has 104 valence electrons. The summed E-state index contributed by atoms with van der Waals surface area (Å²) in [5.74, 6) is 1.12. The Morgan fingerprint density at radius 2 is 1.65 bits per heavy atom. The van der Waals surface area contributed by atoms with Crippen molar-refractivity contribution in [1.29, 1.82) is 0 Å². The molecule has 0 atom stereocenters. The topological polar surface area (TPSA) is 26.3 Å². The normalized spacial score (nSPS) is 10.2. The van der Waals surface area contributed by atoms with Crippen molar-refractivity contribution in [3.8, 4) is 5.75 Å². The van der Waals surface area contributed by atoms with Gasteiger partial charge in [0.15, 0.2) is 5.78 Å². The van der Waals surface area contributed by atoms with Crippen molar-refractivity contribution in [3.05, 3.63) is 65.7 Å². The summed E-state index contributed by atoms with van der Waals surface area (Å²) in [6.07, 6.45) is 3.59. The standard InChI is InChI=1S/C18H20O2/c1-20-17-13-11-15(12-14-17)7-5-6-10-18(19)16-8-3-2-4-9-16/h2-4,8-9,11-14H,5-7,10H2,1H3. The zero-order valence-corrected chi connectivity index (χ0v) is 11.8. The number of hydrogen-bond acceptors (Lipinski definition) is 2. The highest BCUT2D eigenvalue weighted by Gasteiger charge is 2.04. The van der Waals surface area contributed by atoms with Gasteiger partial charge in [-0.15, -0.1) is 0 Å². The van der Waals surface area contributed by atoms with Crippen molar-refractivity contribution in [2.45, 2.75) is 25.7 Å². The Morgan fingerprint density at radius 1 is 0.950 bits per heavy atom. The molecule has 0 spiro atoms. The number of ether oxygens (including phenoxy) is 1. The molecule has 0 aliphatic carbocycles. The fourth-order valence-corrected chi connectivity index (χ4v) is 2.18. The van der Waals surface area contributed by atoms with Crippen molar-refractivity contribution >= 4 is 5.78 Å². The van der Waals surface area contributed by atoms with Crippen LogP contribution < -0.4 is 4.74 Å². The van der Waals surface area contributed by atoms with Gasteiger partial charge in [-0.25, -0.2) is 0 Å². The van der Waals surface area contributed by atoms with E-state index in [1.165, 1.54) is 5.56 Å². The van der Waals surface area contributed by atoms with Crippen LogP contribution >= 0.6 is 0 Å². The van der Waals surface area contributed by atoms with E-state index in [1.807, 2.05) is 42.5 Å². The molecule has 2 aromatic carbocycles. The van der Waals surface area contributed by atoms with E-state index in [0.29, 0.717) is 6.42 Å². The van der Waals surface area contributed by atoms with Gasteiger partial charge in [-0.1, -0.05) is 42.5 Å². The summed E-state index contributed by atoms with van der Waals surface area (Å²) in [6, 6.07) is 17.6. The smallest absolute Gasteiger partial charge is 0.162 e. The zero-order valence-electron chi connectivity index (χ0n) is 11.8. The first-order valence-corrected chi connectivity index (χ1v) is 7.01. The quantitative estimate of drug-likeness (QED) is 0.553. The van der Waals surface area contributed by atoms with Gasteiger partial charge in [0.05, 0.1) is 7.11 Å². The van der Waals surface area contributed by atoms with E-state index < -0.39 is 0 Å². The molecule has 0 fully saturated rings. The number of Topliss-reactive ketones (excluding diaryl/α,β-unsaturated/α-hetero) is 1. The van der Waals surface area contributed by atoms with Crippen LogP contribution in [0.1, 0.15) is 35.2 Å². The Kier molecular flexibility index (Phi) is 5.36. The maximum absolute atomic E-state index is 11.9. The molecule has 0 unspecified atom stereocenters. The summed E-state index contributed by atoms with van der Waals surface area (Å²) in [5.41, 5.74) is 2.11. The van der Waals surface area contributed by atoms with Crippen LogP contribution in [0.2, 0.25) is 0 Å². The SMILES string of the molecule is COc1ccc(CCCCC(=O)c2ccccc2)cc1. The highest BCUT2D eigenvalue weighted by atomic mass is 16.5. The van der Waals surface area contributed by atoms with Gasteiger partial charge < -0.3 is 4.74 Å². The molecule has 0 saturated carbocycles. The van der Waals surface area contributed by atoms with Crippen LogP contribution in [0.5, 0.6) is 5.75 Å².